The molecule has 1 amide bonds. The maximum Gasteiger partial charge on any atom is 0.253 e. The first-order valence-electron chi connectivity index (χ1n) is 4.85. The molecule has 4 nitrogen and oxygen atoms in total. The molecule has 0 heterocycles. The number of halogens is 1. The van der Waals surface area contributed by atoms with Gasteiger partial charge in [-0.2, -0.15) is 0 Å². The number of nitrogens with zero attached hydrogens (tertiary/aromatic N) is 1. The van der Waals surface area contributed by atoms with Crippen molar-refractivity contribution in [1.29, 1.82) is 0 Å². The van der Waals surface area contributed by atoms with Crippen molar-refractivity contribution in [3.63, 3.8) is 0 Å². The standard InChI is InChI=1S/C11H15FN2O2/c1-14(5-6-16-2)11(15)8-3-4-10(13)9(12)7-8/h3-4,7H,5-6,13H2,1-2H3. The van der Waals surface area contributed by atoms with E-state index in [0.29, 0.717) is 13.2 Å². The largest absolute Gasteiger partial charge is 0.396 e. The van der Waals surface area contributed by atoms with Crippen molar-refractivity contribution >= 4 is 11.6 Å². The predicted molar refractivity (Wildman–Crippen MR) is 59.6 cm³/mol. The van der Waals surface area contributed by atoms with Crippen molar-refractivity contribution in [2.45, 2.75) is 0 Å². The molecule has 1 aromatic carbocycles. The highest BCUT2D eigenvalue weighted by Crippen LogP contribution is 2.13. The molecule has 16 heavy (non-hydrogen) atoms. The summed E-state index contributed by atoms with van der Waals surface area (Å²) in [6.07, 6.45) is 0. The molecule has 0 radical (unpaired) electrons. The van der Waals surface area contributed by atoms with Crippen LogP contribution in [0.4, 0.5) is 10.1 Å². The fourth-order valence-corrected chi connectivity index (χ4v) is 1.21. The highest BCUT2D eigenvalue weighted by Gasteiger charge is 2.12. The van der Waals surface area contributed by atoms with Gasteiger partial charge in [0.25, 0.3) is 5.91 Å². The van der Waals surface area contributed by atoms with Crippen molar-refractivity contribution < 1.29 is 13.9 Å². The van der Waals surface area contributed by atoms with Crippen molar-refractivity contribution in [2.75, 3.05) is 33.0 Å². The summed E-state index contributed by atoms with van der Waals surface area (Å²) in [5.41, 5.74) is 5.65. The lowest BCUT2D eigenvalue weighted by Crippen LogP contribution is -2.30. The third-order valence-electron chi connectivity index (χ3n) is 2.22. The van der Waals surface area contributed by atoms with Gasteiger partial charge in [0.1, 0.15) is 5.82 Å². The third kappa shape index (κ3) is 2.93. The second-order valence-corrected chi connectivity index (χ2v) is 3.46. The fraction of sp³-hybridized carbons (Fsp3) is 0.364. The van der Waals surface area contributed by atoms with E-state index in [2.05, 4.69) is 0 Å². The average molecular weight is 226 g/mol. The van der Waals surface area contributed by atoms with Crippen molar-refractivity contribution in [3.8, 4) is 0 Å². The molecule has 0 unspecified atom stereocenters. The summed E-state index contributed by atoms with van der Waals surface area (Å²) in [5, 5.41) is 0. The number of nitrogens with two attached hydrogens (primary N) is 1. The van der Waals surface area contributed by atoms with Crippen molar-refractivity contribution in [3.05, 3.63) is 29.6 Å². The Balaban J connectivity index is 2.76. The van der Waals surface area contributed by atoms with Crippen molar-refractivity contribution in [1.82, 2.24) is 4.90 Å². The van der Waals surface area contributed by atoms with Crippen molar-refractivity contribution in [2.24, 2.45) is 0 Å². The second kappa shape index (κ2) is 5.46. The summed E-state index contributed by atoms with van der Waals surface area (Å²) in [4.78, 5) is 13.2. The lowest BCUT2D eigenvalue weighted by molar-refractivity contribution is 0.0744. The van der Waals surface area contributed by atoms with E-state index in [0.717, 1.165) is 6.07 Å². The summed E-state index contributed by atoms with van der Waals surface area (Å²) < 4.78 is 18.0. The molecule has 0 atom stereocenters. The van der Waals surface area contributed by atoms with Gasteiger partial charge < -0.3 is 15.4 Å². The predicted octanol–water partition coefficient (Wildman–Crippen LogP) is 1.13. The number of likely N-dealkylation sites (N-methyl/N-ethyl adjacent to an activating group) is 1. The number of benzene rings is 1. The Kier molecular flexibility index (Phi) is 4.25. The maximum absolute atomic E-state index is 13.1. The number of carbonyl (C=O) groups is 1. The average Bonchev–Trinajstić information content (AvgIpc) is 2.28. The van der Waals surface area contributed by atoms with E-state index in [9.17, 15) is 9.18 Å². The normalized spacial score (nSPS) is 10.2. The van der Waals surface area contributed by atoms with Gasteiger partial charge >= 0.3 is 0 Å². The van der Waals surface area contributed by atoms with Crippen LogP contribution < -0.4 is 5.73 Å². The monoisotopic (exact) mass is 226 g/mol. The van der Waals surface area contributed by atoms with Gasteiger partial charge in [0.15, 0.2) is 0 Å². The summed E-state index contributed by atoms with van der Waals surface area (Å²) in [7, 11) is 3.19. The van der Waals surface area contributed by atoms with Crippen LogP contribution in [0.2, 0.25) is 0 Å². The van der Waals surface area contributed by atoms with Gasteiger partial charge in [0.2, 0.25) is 0 Å². The Morgan fingerprint density at radius 2 is 2.25 bits per heavy atom. The van der Waals surface area contributed by atoms with Crippen LogP contribution in [0.15, 0.2) is 18.2 Å². The third-order valence-corrected chi connectivity index (χ3v) is 2.22. The van der Waals surface area contributed by atoms with Gasteiger partial charge in [-0.15, -0.1) is 0 Å². The molecule has 0 aliphatic carbocycles. The molecule has 0 fully saturated rings. The molecule has 1 aromatic rings. The van der Waals surface area contributed by atoms with Gasteiger partial charge in [0.05, 0.1) is 12.3 Å². The minimum Gasteiger partial charge on any atom is -0.396 e. The van der Waals surface area contributed by atoms with Crippen LogP contribution in [0, 0.1) is 5.82 Å². The molecule has 0 bridgehead atoms. The number of nitrogen functional groups attached to an aromatic ring is 1. The van der Waals surface area contributed by atoms with Gasteiger partial charge in [0, 0.05) is 26.3 Å². The molecular weight excluding hydrogens is 211 g/mol. The van der Waals surface area contributed by atoms with Gasteiger partial charge in [-0.05, 0) is 18.2 Å². The van der Waals surface area contributed by atoms with E-state index in [1.54, 1.807) is 14.2 Å². The van der Waals surface area contributed by atoms with E-state index in [1.807, 2.05) is 0 Å². The highest BCUT2D eigenvalue weighted by atomic mass is 19.1. The first kappa shape index (κ1) is 12.4. The molecule has 2 N–H and O–H groups in total. The molecule has 0 saturated carbocycles. The lowest BCUT2D eigenvalue weighted by atomic mass is 10.2. The van der Waals surface area contributed by atoms with Crippen LogP contribution in [0.1, 0.15) is 10.4 Å². The van der Waals surface area contributed by atoms with Gasteiger partial charge in [-0.25, -0.2) is 4.39 Å². The minimum atomic E-state index is -0.578. The lowest BCUT2D eigenvalue weighted by Gasteiger charge is -2.16. The molecular formula is C11H15FN2O2. The van der Waals surface area contributed by atoms with Gasteiger partial charge in [-0.3, -0.25) is 4.79 Å². The number of anilines is 1. The number of amides is 1. The number of carbonyl (C=O) groups excluding carboxylic acids is 1. The van der Waals surface area contributed by atoms with E-state index in [4.69, 9.17) is 10.5 Å². The number of ether oxygens (including phenoxy) is 1. The molecule has 0 aromatic heterocycles. The first-order chi connectivity index (χ1) is 7.56. The first-order valence-corrected chi connectivity index (χ1v) is 4.85. The van der Waals surface area contributed by atoms with Crippen LogP contribution in [0.3, 0.4) is 0 Å². The van der Waals surface area contributed by atoms with E-state index >= 15 is 0 Å². The minimum absolute atomic E-state index is 0.0381. The van der Waals surface area contributed by atoms with Crippen LogP contribution in [-0.4, -0.2) is 38.1 Å². The second-order valence-electron chi connectivity index (χ2n) is 3.46. The smallest absolute Gasteiger partial charge is 0.253 e. The molecule has 88 valence electrons. The van der Waals surface area contributed by atoms with Crippen LogP contribution >= 0.6 is 0 Å². The SMILES string of the molecule is COCCN(C)C(=O)c1ccc(N)c(F)c1. The quantitative estimate of drug-likeness (QED) is 0.783. The van der Waals surface area contributed by atoms with E-state index in [1.165, 1.54) is 17.0 Å². The number of hydrogen-bond donors (Lipinski definition) is 1. The molecule has 0 saturated heterocycles. The zero-order chi connectivity index (χ0) is 12.1. The molecule has 0 aliphatic rings. The molecule has 5 heteroatoms. The number of hydrogen-bond acceptors (Lipinski definition) is 3. The summed E-state index contributed by atoms with van der Waals surface area (Å²) >= 11 is 0. The van der Waals surface area contributed by atoms with Crippen LogP contribution in [0.25, 0.3) is 0 Å². The maximum atomic E-state index is 13.1. The molecule has 1 rings (SSSR count). The summed E-state index contributed by atoms with van der Waals surface area (Å²) in [6.45, 7) is 0.904. The number of rotatable bonds is 4. The Bertz CT molecular complexity index is 382. The van der Waals surface area contributed by atoms with E-state index in [-0.39, 0.29) is 17.2 Å². The van der Waals surface area contributed by atoms with E-state index < -0.39 is 5.82 Å². The zero-order valence-electron chi connectivity index (χ0n) is 9.37. The van der Waals surface area contributed by atoms with Crippen LogP contribution in [0.5, 0.6) is 0 Å². The summed E-state index contributed by atoms with van der Waals surface area (Å²) in [6, 6.07) is 4.03. The Morgan fingerprint density at radius 3 is 2.81 bits per heavy atom. The Labute approximate surface area is 93.8 Å². The topological polar surface area (TPSA) is 55.6 Å². The zero-order valence-corrected chi connectivity index (χ0v) is 9.37. The Morgan fingerprint density at radius 1 is 1.56 bits per heavy atom. The fourth-order valence-electron chi connectivity index (χ4n) is 1.21. The molecule has 0 spiro atoms. The number of methoxy groups -OCH3 is 1. The van der Waals surface area contributed by atoms with Gasteiger partial charge in [-0.1, -0.05) is 0 Å². The highest BCUT2D eigenvalue weighted by molar-refractivity contribution is 5.94. The molecule has 0 aliphatic heterocycles. The summed E-state index contributed by atoms with van der Waals surface area (Å²) in [5.74, 6) is -0.832. The van der Waals surface area contributed by atoms with Crippen LogP contribution in [-0.2, 0) is 4.74 Å². The Hall–Kier alpha value is -1.62.